The first kappa shape index (κ1) is 13.5. The van der Waals surface area contributed by atoms with Crippen LogP contribution in [0.15, 0.2) is 48.8 Å². The highest BCUT2D eigenvalue weighted by Crippen LogP contribution is 2.10. The van der Waals surface area contributed by atoms with Gasteiger partial charge >= 0.3 is 0 Å². The van der Waals surface area contributed by atoms with Crippen molar-refractivity contribution in [1.29, 1.82) is 0 Å². The molecule has 0 fully saturated rings. The van der Waals surface area contributed by atoms with E-state index in [0.29, 0.717) is 0 Å². The van der Waals surface area contributed by atoms with E-state index in [2.05, 4.69) is 6.08 Å². The Balaban J connectivity index is 2.04. The first-order valence-electron chi connectivity index (χ1n) is 6.22. The molecule has 0 spiro atoms. The summed E-state index contributed by atoms with van der Waals surface area (Å²) < 4.78 is 1.99. The van der Waals surface area contributed by atoms with Gasteiger partial charge in [0.1, 0.15) is 7.05 Å². The number of hydrogen-bond donors (Lipinski definition) is 2. The maximum Gasteiger partial charge on any atom is 0.169 e. The van der Waals surface area contributed by atoms with E-state index in [-0.39, 0.29) is 6.42 Å². The predicted molar refractivity (Wildman–Crippen MR) is 74.9 cm³/mol. The summed E-state index contributed by atoms with van der Waals surface area (Å²) in [5, 5.41) is 17.8. The lowest BCUT2D eigenvalue weighted by Crippen LogP contribution is -2.25. The van der Waals surface area contributed by atoms with Crippen molar-refractivity contribution in [2.75, 3.05) is 0 Å². The number of aliphatic hydroxyl groups excluding tert-OH is 1. The fourth-order valence-electron chi connectivity index (χ4n) is 1.79. The third kappa shape index (κ3) is 4.32. The highest BCUT2D eigenvalue weighted by atomic mass is 16.5. The molecule has 2 rings (SSSR count). The number of aromatic nitrogens is 1. The van der Waals surface area contributed by atoms with Crippen LogP contribution in [0.5, 0.6) is 0 Å². The predicted octanol–water partition coefficient (Wildman–Crippen LogP) is 1.53. The van der Waals surface area contributed by atoms with Gasteiger partial charge in [-0.05, 0) is 16.7 Å². The summed E-state index contributed by atoms with van der Waals surface area (Å²) in [4.78, 5) is 0. The number of aryl methyl sites for hydroxylation is 1. The van der Waals surface area contributed by atoms with E-state index < -0.39 is 6.29 Å². The van der Waals surface area contributed by atoms with Crippen molar-refractivity contribution >= 4 is 12.2 Å². The molecule has 1 heterocycles. The minimum atomic E-state index is -1.29. The molecule has 0 aliphatic heterocycles. The lowest BCUT2D eigenvalue weighted by molar-refractivity contribution is -0.671. The molecule has 0 aliphatic carbocycles. The van der Waals surface area contributed by atoms with Gasteiger partial charge in [-0.15, -0.1) is 0 Å². The van der Waals surface area contributed by atoms with Crippen LogP contribution in [0.2, 0.25) is 0 Å². The Kier molecular flexibility index (Phi) is 4.44. The van der Waals surface area contributed by atoms with E-state index in [4.69, 9.17) is 10.2 Å². The van der Waals surface area contributed by atoms with Gasteiger partial charge in [-0.2, -0.15) is 0 Å². The van der Waals surface area contributed by atoms with Crippen molar-refractivity contribution in [3.63, 3.8) is 0 Å². The van der Waals surface area contributed by atoms with Gasteiger partial charge in [0.05, 0.1) is 0 Å². The number of nitrogens with zero attached hydrogens (tertiary/aromatic N) is 1. The topological polar surface area (TPSA) is 44.3 Å². The normalized spacial score (nSPS) is 11.4. The molecule has 0 atom stereocenters. The van der Waals surface area contributed by atoms with E-state index in [1.54, 1.807) is 0 Å². The van der Waals surface area contributed by atoms with Gasteiger partial charge in [-0.1, -0.05) is 36.4 Å². The van der Waals surface area contributed by atoms with Crippen LogP contribution in [0.25, 0.3) is 12.2 Å². The Hall–Kier alpha value is -1.97. The second-order valence-corrected chi connectivity index (χ2v) is 4.56. The van der Waals surface area contributed by atoms with Crippen molar-refractivity contribution in [2.45, 2.75) is 12.7 Å². The van der Waals surface area contributed by atoms with Crippen LogP contribution in [0, 0.1) is 0 Å². The maximum absolute atomic E-state index is 8.89. The number of benzene rings is 1. The Bertz CT molecular complexity index is 542. The zero-order valence-electron chi connectivity index (χ0n) is 10.9. The first-order valence-corrected chi connectivity index (χ1v) is 6.22. The summed E-state index contributed by atoms with van der Waals surface area (Å²) in [6.45, 7) is 0. The van der Waals surface area contributed by atoms with Crippen LogP contribution in [0.4, 0.5) is 0 Å². The van der Waals surface area contributed by atoms with Gasteiger partial charge < -0.3 is 10.2 Å². The van der Waals surface area contributed by atoms with Crippen LogP contribution in [0.1, 0.15) is 16.7 Å². The molecule has 3 heteroatoms. The molecule has 0 amide bonds. The van der Waals surface area contributed by atoms with E-state index in [1.807, 2.05) is 66.5 Å². The van der Waals surface area contributed by atoms with Gasteiger partial charge in [-0.3, -0.25) is 0 Å². The zero-order valence-corrected chi connectivity index (χ0v) is 10.9. The third-order valence-corrected chi connectivity index (χ3v) is 2.87. The standard InChI is InChI=1S/C16H18NO2/c1-17-10-8-14(9-11-17)3-2-13-4-6-15(7-5-13)12-16(18)19/h2-11,16,18-19H,12H2,1H3/q+1. The second-order valence-electron chi connectivity index (χ2n) is 4.56. The van der Waals surface area contributed by atoms with Crippen LogP contribution in [-0.4, -0.2) is 16.5 Å². The Labute approximate surface area is 113 Å². The van der Waals surface area contributed by atoms with Crippen molar-refractivity contribution in [1.82, 2.24) is 0 Å². The summed E-state index contributed by atoms with van der Waals surface area (Å²) in [6.07, 6.45) is 7.08. The van der Waals surface area contributed by atoms with Crippen molar-refractivity contribution in [2.24, 2.45) is 7.05 Å². The fraction of sp³-hybridized carbons (Fsp3) is 0.188. The Morgan fingerprint density at radius 2 is 1.47 bits per heavy atom. The zero-order chi connectivity index (χ0) is 13.7. The lowest BCUT2D eigenvalue weighted by atomic mass is 10.1. The molecule has 0 unspecified atom stereocenters. The van der Waals surface area contributed by atoms with E-state index in [9.17, 15) is 0 Å². The summed E-state index contributed by atoms with van der Waals surface area (Å²) in [7, 11) is 1.99. The quantitative estimate of drug-likeness (QED) is 0.643. The summed E-state index contributed by atoms with van der Waals surface area (Å²) in [6, 6.07) is 11.8. The molecule has 98 valence electrons. The summed E-state index contributed by atoms with van der Waals surface area (Å²) in [5.74, 6) is 0. The number of rotatable bonds is 4. The van der Waals surface area contributed by atoms with Crippen LogP contribution >= 0.6 is 0 Å². The summed E-state index contributed by atoms with van der Waals surface area (Å²) in [5.41, 5.74) is 3.15. The largest absolute Gasteiger partial charge is 0.368 e. The third-order valence-electron chi connectivity index (χ3n) is 2.87. The van der Waals surface area contributed by atoms with Gasteiger partial charge in [0.15, 0.2) is 18.7 Å². The van der Waals surface area contributed by atoms with E-state index in [1.165, 1.54) is 0 Å². The second kappa shape index (κ2) is 6.27. The molecule has 0 saturated carbocycles. The Morgan fingerprint density at radius 1 is 0.947 bits per heavy atom. The van der Waals surface area contributed by atoms with Crippen molar-refractivity contribution in [3.05, 3.63) is 65.5 Å². The molecule has 1 aromatic heterocycles. The molecule has 0 aliphatic rings. The van der Waals surface area contributed by atoms with Crippen molar-refractivity contribution in [3.8, 4) is 0 Å². The minimum Gasteiger partial charge on any atom is -0.368 e. The van der Waals surface area contributed by atoms with Crippen molar-refractivity contribution < 1.29 is 14.8 Å². The molecule has 2 aromatic rings. The van der Waals surface area contributed by atoms with Crippen LogP contribution < -0.4 is 4.57 Å². The molecule has 0 saturated heterocycles. The van der Waals surface area contributed by atoms with Crippen LogP contribution in [0.3, 0.4) is 0 Å². The molecule has 0 radical (unpaired) electrons. The molecule has 0 bridgehead atoms. The average Bonchev–Trinajstić information content (AvgIpc) is 2.39. The molecular formula is C16H18NO2+. The van der Waals surface area contributed by atoms with Gasteiger partial charge in [0.25, 0.3) is 0 Å². The van der Waals surface area contributed by atoms with Gasteiger partial charge in [0.2, 0.25) is 0 Å². The molecule has 19 heavy (non-hydrogen) atoms. The molecular weight excluding hydrogens is 238 g/mol. The van der Waals surface area contributed by atoms with Gasteiger partial charge in [0, 0.05) is 18.6 Å². The first-order chi connectivity index (χ1) is 9.13. The highest BCUT2D eigenvalue weighted by Gasteiger charge is 1.99. The lowest BCUT2D eigenvalue weighted by Gasteiger charge is -2.03. The van der Waals surface area contributed by atoms with E-state index in [0.717, 1.165) is 16.7 Å². The fourth-order valence-corrected chi connectivity index (χ4v) is 1.79. The SMILES string of the molecule is C[n+]1ccc(C=Cc2ccc(CC(O)O)cc2)cc1. The van der Waals surface area contributed by atoms with E-state index >= 15 is 0 Å². The molecule has 3 nitrogen and oxygen atoms in total. The average molecular weight is 256 g/mol. The Morgan fingerprint density at radius 3 is 2.00 bits per heavy atom. The smallest absolute Gasteiger partial charge is 0.169 e. The highest BCUT2D eigenvalue weighted by molar-refractivity contribution is 5.69. The monoisotopic (exact) mass is 256 g/mol. The number of pyridine rings is 1. The summed E-state index contributed by atoms with van der Waals surface area (Å²) >= 11 is 0. The van der Waals surface area contributed by atoms with Crippen LogP contribution in [-0.2, 0) is 13.5 Å². The molecule has 2 N–H and O–H groups in total. The minimum absolute atomic E-state index is 0.263. The number of hydrogen-bond acceptors (Lipinski definition) is 2. The maximum atomic E-state index is 8.89. The molecule has 1 aromatic carbocycles. The van der Waals surface area contributed by atoms with Gasteiger partial charge in [-0.25, -0.2) is 4.57 Å². The number of aliphatic hydroxyl groups is 2.